The van der Waals surface area contributed by atoms with E-state index in [2.05, 4.69) is 5.32 Å². The Hall–Kier alpha value is -2.83. The minimum absolute atomic E-state index is 0.0705. The minimum atomic E-state index is -4.01. The zero-order chi connectivity index (χ0) is 24.2. The Bertz CT molecular complexity index is 1230. The molecule has 1 N–H and O–H groups in total. The van der Waals surface area contributed by atoms with E-state index in [1.807, 2.05) is 52.0 Å². The molecule has 0 bridgehead atoms. The average Bonchev–Trinajstić information content (AvgIpc) is 2.79. The first kappa shape index (κ1) is 24.8. The van der Waals surface area contributed by atoms with Crippen LogP contribution in [0.1, 0.15) is 36.1 Å². The second-order valence-electron chi connectivity index (χ2n) is 7.94. The number of anilines is 2. The fraction of sp³-hybridized carbons (Fsp3) is 0.269. The summed E-state index contributed by atoms with van der Waals surface area (Å²) in [6.45, 7) is 7.57. The highest BCUT2D eigenvalue weighted by atomic mass is 35.5. The highest BCUT2D eigenvalue weighted by Crippen LogP contribution is 2.28. The Labute approximate surface area is 201 Å². The van der Waals surface area contributed by atoms with Gasteiger partial charge in [0.05, 0.1) is 10.6 Å². The van der Waals surface area contributed by atoms with E-state index in [1.54, 1.807) is 12.1 Å². The van der Waals surface area contributed by atoms with E-state index in [0.29, 0.717) is 10.7 Å². The fourth-order valence-corrected chi connectivity index (χ4v) is 5.18. The van der Waals surface area contributed by atoms with Crippen LogP contribution in [0.3, 0.4) is 0 Å². The molecule has 0 saturated carbocycles. The molecule has 0 aliphatic heterocycles. The number of carbonyl (C=O) groups excluding carboxylic acids is 1. The molecule has 0 aromatic heterocycles. The number of halogens is 1. The zero-order valence-corrected chi connectivity index (χ0v) is 20.9. The third-order valence-electron chi connectivity index (χ3n) is 5.73. The second kappa shape index (κ2) is 10.4. The molecule has 0 saturated heterocycles. The molecule has 0 atom stereocenters. The summed E-state index contributed by atoms with van der Waals surface area (Å²) in [5.41, 5.74) is 5.20. The summed E-state index contributed by atoms with van der Waals surface area (Å²) in [6, 6.07) is 17.2. The molecule has 0 spiro atoms. The average molecular weight is 485 g/mol. The lowest BCUT2D eigenvalue weighted by molar-refractivity contribution is -0.114. The molecule has 5 nitrogen and oxygen atoms in total. The van der Waals surface area contributed by atoms with E-state index in [-0.39, 0.29) is 11.4 Å². The van der Waals surface area contributed by atoms with Gasteiger partial charge in [-0.05, 0) is 85.3 Å². The van der Waals surface area contributed by atoms with Crippen molar-refractivity contribution >= 4 is 38.9 Å². The third-order valence-corrected chi connectivity index (χ3v) is 7.77. The number of para-hydroxylation sites is 1. The smallest absolute Gasteiger partial charge is 0.264 e. The lowest BCUT2D eigenvalue weighted by Gasteiger charge is -2.25. The highest BCUT2D eigenvalue weighted by Gasteiger charge is 2.28. The van der Waals surface area contributed by atoms with Gasteiger partial charge < -0.3 is 5.32 Å². The maximum atomic E-state index is 13.6. The van der Waals surface area contributed by atoms with Crippen LogP contribution in [0.4, 0.5) is 11.4 Å². The van der Waals surface area contributed by atoms with Crippen molar-refractivity contribution in [2.75, 3.05) is 16.2 Å². The number of amides is 1. The number of carbonyl (C=O) groups is 1. The first-order valence-corrected chi connectivity index (χ1v) is 12.7. The quantitative estimate of drug-likeness (QED) is 0.431. The molecular formula is C26H29ClN2O3S. The number of sulfonamides is 1. The Kier molecular flexibility index (Phi) is 7.82. The number of nitrogens with one attached hydrogen (secondary N) is 1. The van der Waals surface area contributed by atoms with Crippen molar-refractivity contribution in [3.63, 3.8) is 0 Å². The topological polar surface area (TPSA) is 66.5 Å². The Morgan fingerprint density at radius 2 is 1.52 bits per heavy atom. The minimum Gasteiger partial charge on any atom is -0.324 e. The summed E-state index contributed by atoms with van der Waals surface area (Å²) >= 11 is 5.96. The normalized spacial score (nSPS) is 11.3. The van der Waals surface area contributed by atoms with Crippen LogP contribution < -0.4 is 9.62 Å². The molecule has 3 rings (SSSR count). The lowest BCUT2D eigenvalue weighted by atomic mass is 10.0. The van der Waals surface area contributed by atoms with E-state index in [4.69, 9.17) is 11.6 Å². The number of hydrogen-bond donors (Lipinski definition) is 1. The second-order valence-corrected chi connectivity index (χ2v) is 10.2. The zero-order valence-electron chi connectivity index (χ0n) is 19.4. The van der Waals surface area contributed by atoms with Gasteiger partial charge in [-0.25, -0.2) is 8.42 Å². The van der Waals surface area contributed by atoms with Gasteiger partial charge in [-0.15, -0.1) is 0 Å². The fourth-order valence-electron chi connectivity index (χ4n) is 3.64. The summed E-state index contributed by atoms with van der Waals surface area (Å²) < 4.78 is 28.3. The van der Waals surface area contributed by atoms with Gasteiger partial charge in [-0.1, -0.05) is 49.7 Å². The van der Waals surface area contributed by atoms with Crippen LogP contribution in [-0.4, -0.2) is 20.9 Å². The number of nitrogens with zero attached hydrogens (tertiary/aromatic N) is 1. The van der Waals surface area contributed by atoms with Gasteiger partial charge in [-0.3, -0.25) is 9.10 Å². The van der Waals surface area contributed by atoms with Crippen molar-refractivity contribution in [1.29, 1.82) is 0 Å². The Morgan fingerprint density at radius 3 is 2.06 bits per heavy atom. The van der Waals surface area contributed by atoms with Gasteiger partial charge in [-0.2, -0.15) is 0 Å². The molecule has 0 aliphatic carbocycles. The summed E-state index contributed by atoms with van der Waals surface area (Å²) in [5, 5.41) is 3.41. The van der Waals surface area contributed by atoms with E-state index >= 15 is 0 Å². The SMILES string of the molecule is CCc1cccc(CC)c1NC(=O)CN(c1ccc(C)c(C)c1)S(=O)(=O)c1ccc(Cl)cc1. The van der Waals surface area contributed by atoms with Crippen LogP contribution in [0.2, 0.25) is 5.02 Å². The maximum absolute atomic E-state index is 13.6. The van der Waals surface area contributed by atoms with E-state index in [9.17, 15) is 13.2 Å². The van der Waals surface area contributed by atoms with E-state index < -0.39 is 15.9 Å². The molecule has 1 amide bonds. The number of aryl methyl sites for hydroxylation is 4. The van der Waals surface area contributed by atoms with Gasteiger partial charge in [0, 0.05) is 10.7 Å². The third kappa shape index (κ3) is 5.57. The summed E-state index contributed by atoms with van der Waals surface area (Å²) in [4.78, 5) is 13.2. The molecule has 174 valence electrons. The van der Waals surface area contributed by atoms with Gasteiger partial charge in [0.1, 0.15) is 6.54 Å². The van der Waals surface area contributed by atoms with Crippen molar-refractivity contribution in [1.82, 2.24) is 0 Å². The van der Waals surface area contributed by atoms with Crippen molar-refractivity contribution in [2.24, 2.45) is 0 Å². The van der Waals surface area contributed by atoms with Crippen molar-refractivity contribution in [3.05, 3.63) is 87.9 Å². The molecule has 7 heteroatoms. The first-order valence-electron chi connectivity index (χ1n) is 10.9. The predicted molar refractivity (Wildman–Crippen MR) is 136 cm³/mol. The molecule has 0 heterocycles. The molecular weight excluding hydrogens is 456 g/mol. The molecule has 0 fully saturated rings. The molecule has 33 heavy (non-hydrogen) atoms. The van der Waals surface area contributed by atoms with Gasteiger partial charge >= 0.3 is 0 Å². The standard InChI is InChI=1S/C26H29ClN2O3S/c1-5-20-8-7-9-21(6-2)26(20)28-25(30)17-29(23-13-10-18(3)19(4)16-23)33(31,32)24-14-11-22(27)12-15-24/h7-16H,5-6,17H2,1-4H3,(H,28,30). The van der Waals surface area contributed by atoms with Crippen LogP contribution in [0.25, 0.3) is 0 Å². The first-order chi connectivity index (χ1) is 15.7. The van der Waals surface area contributed by atoms with Crippen molar-refractivity contribution < 1.29 is 13.2 Å². The van der Waals surface area contributed by atoms with Gasteiger partial charge in [0.25, 0.3) is 10.0 Å². The number of rotatable bonds is 8. The molecule has 0 aliphatic rings. The van der Waals surface area contributed by atoms with Crippen LogP contribution in [0.5, 0.6) is 0 Å². The largest absolute Gasteiger partial charge is 0.324 e. The van der Waals surface area contributed by atoms with Crippen LogP contribution in [0.15, 0.2) is 65.6 Å². The Morgan fingerprint density at radius 1 is 0.909 bits per heavy atom. The maximum Gasteiger partial charge on any atom is 0.264 e. The summed E-state index contributed by atoms with van der Waals surface area (Å²) in [7, 11) is -4.01. The lowest BCUT2D eigenvalue weighted by Crippen LogP contribution is -2.38. The van der Waals surface area contributed by atoms with Crippen LogP contribution in [0, 0.1) is 13.8 Å². The van der Waals surface area contributed by atoms with Crippen LogP contribution in [-0.2, 0) is 27.7 Å². The van der Waals surface area contributed by atoms with Gasteiger partial charge in [0.2, 0.25) is 5.91 Å². The summed E-state index contributed by atoms with van der Waals surface area (Å²) in [5.74, 6) is -0.402. The highest BCUT2D eigenvalue weighted by molar-refractivity contribution is 7.92. The van der Waals surface area contributed by atoms with Crippen molar-refractivity contribution in [2.45, 2.75) is 45.4 Å². The van der Waals surface area contributed by atoms with Crippen LogP contribution >= 0.6 is 11.6 Å². The van der Waals surface area contributed by atoms with Gasteiger partial charge in [0.15, 0.2) is 0 Å². The molecule has 0 unspecified atom stereocenters. The predicted octanol–water partition coefficient (Wildman–Crippen LogP) is 5.92. The molecule has 3 aromatic carbocycles. The van der Waals surface area contributed by atoms with E-state index in [0.717, 1.165) is 45.1 Å². The Balaban J connectivity index is 2.01. The molecule has 0 radical (unpaired) electrons. The monoisotopic (exact) mass is 484 g/mol. The van der Waals surface area contributed by atoms with E-state index in [1.165, 1.54) is 24.3 Å². The molecule has 3 aromatic rings. The number of benzene rings is 3. The van der Waals surface area contributed by atoms with Crippen molar-refractivity contribution in [3.8, 4) is 0 Å². The number of hydrogen-bond acceptors (Lipinski definition) is 3. The summed E-state index contributed by atoms with van der Waals surface area (Å²) in [6.07, 6.45) is 1.51.